The molecule has 2 saturated carbocycles. The van der Waals surface area contributed by atoms with Gasteiger partial charge < -0.3 is 16.4 Å². The van der Waals surface area contributed by atoms with E-state index in [0.717, 1.165) is 45.1 Å². The Bertz CT molecular complexity index is 243. The summed E-state index contributed by atoms with van der Waals surface area (Å²) in [5.41, 5.74) is 5.66. The molecule has 4 nitrogen and oxygen atoms in total. The van der Waals surface area contributed by atoms with E-state index in [9.17, 15) is 4.79 Å². The second kappa shape index (κ2) is 6.24. The van der Waals surface area contributed by atoms with Crippen molar-refractivity contribution in [1.82, 2.24) is 10.6 Å². The lowest BCUT2D eigenvalue weighted by atomic mass is 9.86. The van der Waals surface area contributed by atoms with Crippen LogP contribution in [-0.2, 0) is 0 Å². The number of nitrogens with one attached hydrogen (secondary N) is 2. The number of nitrogens with two attached hydrogens (primary N) is 1. The van der Waals surface area contributed by atoms with E-state index in [1.54, 1.807) is 0 Å². The van der Waals surface area contributed by atoms with E-state index in [0.29, 0.717) is 18.0 Å². The smallest absolute Gasteiger partial charge is 0.315 e. The van der Waals surface area contributed by atoms with Crippen LogP contribution in [0.2, 0.25) is 0 Å². The van der Waals surface area contributed by atoms with Gasteiger partial charge in [0.2, 0.25) is 0 Å². The summed E-state index contributed by atoms with van der Waals surface area (Å²) in [7, 11) is 0. The lowest BCUT2D eigenvalue weighted by Crippen LogP contribution is -2.46. The Balaban J connectivity index is 1.65. The molecule has 2 fully saturated rings. The maximum absolute atomic E-state index is 11.8. The molecule has 0 heterocycles. The molecule has 2 rings (SSSR count). The third-order valence-corrected chi connectivity index (χ3v) is 4.21. The van der Waals surface area contributed by atoms with Crippen molar-refractivity contribution in [3.05, 3.63) is 0 Å². The number of rotatable bonds is 3. The molecule has 0 aromatic rings. The topological polar surface area (TPSA) is 67.1 Å². The van der Waals surface area contributed by atoms with Crippen molar-refractivity contribution in [2.24, 2.45) is 11.7 Å². The second-order valence-electron chi connectivity index (χ2n) is 5.55. The highest BCUT2D eigenvalue weighted by Gasteiger charge is 2.23. The first-order valence-electron chi connectivity index (χ1n) is 7.05. The van der Waals surface area contributed by atoms with Crippen LogP contribution in [0.4, 0.5) is 4.79 Å². The molecular weight excluding hydrogens is 214 g/mol. The summed E-state index contributed by atoms with van der Waals surface area (Å²) in [5.74, 6) is 0.672. The van der Waals surface area contributed by atoms with Gasteiger partial charge in [-0.2, -0.15) is 0 Å². The van der Waals surface area contributed by atoms with Crippen molar-refractivity contribution in [3.8, 4) is 0 Å². The van der Waals surface area contributed by atoms with Crippen molar-refractivity contribution >= 4 is 6.03 Å². The van der Waals surface area contributed by atoms with Gasteiger partial charge in [0.1, 0.15) is 0 Å². The van der Waals surface area contributed by atoms with Gasteiger partial charge in [-0.15, -0.1) is 0 Å². The number of urea groups is 1. The number of carbonyl (C=O) groups is 1. The van der Waals surface area contributed by atoms with Gasteiger partial charge in [0, 0.05) is 12.1 Å². The molecule has 0 radical (unpaired) electrons. The van der Waals surface area contributed by atoms with Crippen LogP contribution in [0.15, 0.2) is 0 Å². The van der Waals surface area contributed by atoms with Crippen LogP contribution in [0, 0.1) is 5.92 Å². The molecule has 2 amide bonds. The van der Waals surface area contributed by atoms with Gasteiger partial charge in [-0.3, -0.25) is 0 Å². The lowest BCUT2D eigenvalue weighted by molar-refractivity contribution is 0.224. The Morgan fingerprint density at radius 1 is 0.941 bits per heavy atom. The Hall–Kier alpha value is -0.770. The Morgan fingerprint density at radius 2 is 1.47 bits per heavy atom. The van der Waals surface area contributed by atoms with Crippen LogP contribution >= 0.6 is 0 Å². The fraction of sp³-hybridized carbons (Fsp3) is 0.923. The average Bonchev–Trinajstić information content (AvgIpc) is 2.82. The molecular formula is C13H25N3O. The fourth-order valence-electron chi connectivity index (χ4n) is 3.03. The number of hydrogen-bond acceptors (Lipinski definition) is 2. The molecule has 0 bridgehead atoms. The normalized spacial score (nSPS) is 30.2. The Labute approximate surface area is 104 Å². The van der Waals surface area contributed by atoms with Crippen molar-refractivity contribution in [2.75, 3.05) is 6.54 Å². The molecule has 0 aromatic carbocycles. The van der Waals surface area contributed by atoms with Crippen molar-refractivity contribution in [1.29, 1.82) is 0 Å². The summed E-state index contributed by atoms with van der Waals surface area (Å²) in [4.78, 5) is 11.8. The molecule has 0 aromatic heterocycles. The summed E-state index contributed by atoms with van der Waals surface area (Å²) in [6, 6.07) is 0.808. The van der Waals surface area contributed by atoms with E-state index < -0.39 is 0 Å². The predicted octanol–water partition coefficient (Wildman–Crippen LogP) is 1.75. The molecule has 0 spiro atoms. The van der Waals surface area contributed by atoms with E-state index in [4.69, 9.17) is 5.73 Å². The van der Waals surface area contributed by atoms with Gasteiger partial charge >= 0.3 is 6.03 Å². The third kappa shape index (κ3) is 3.87. The summed E-state index contributed by atoms with van der Waals surface area (Å²) in [5, 5.41) is 6.18. The van der Waals surface area contributed by atoms with Crippen LogP contribution < -0.4 is 16.4 Å². The molecule has 2 aliphatic rings. The highest BCUT2D eigenvalue weighted by Crippen LogP contribution is 2.23. The van der Waals surface area contributed by atoms with E-state index >= 15 is 0 Å². The monoisotopic (exact) mass is 239 g/mol. The molecule has 0 saturated heterocycles. The Morgan fingerprint density at radius 3 is 2.00 bits per heavy atom. The van der Waals surface area contributed by atoms with Crippen LogP contribution in [0.3, 0.4) is 0 Å². The average molecular weight is 239 g/mol. The molecule has 4 N–H and O–H groups in total. The van der Waals surface area contributed by atoms with Crippen molar-refractivity contribution in [3.63, 3.8) is 0 Å². The minimum absolute atomic E-state index is 0.0353. The molecule has 0 atom stereocenters. The van der Waals surface area contributed by atoms with Gasteiger partial charge in [-0.05, 0) is 51.0 Å². The number of carbonyl (C=O) groups excluding carboxylic acids is 1. The number of amides is 2. The zero-order chi connectivity index (χ0) is 12.1. The first-order chi connectivity index (χ1) is 8.28. The van der Waals surface area contributed by atoms with E-state index in [-0.39, 0.29) is 6.03 Å². The third-order valence-electron chi connectivity index (χ3n) is 4.21. The predicted molar refractivity (Wildman–Crippen MR) is 68.7 cm³/mol. The molecule has 4 heteroatoms. The maximum atomic E-state index is 11.8. The van der Waals surface area contributed by atoms with E-state index in [1.165, 1.54) is 12.8 Å². The second-order valence-corrected chi connectivity index (χ2v) is 5.55. The zero-order valence-electron chi connectivity index (χ0n) is 10.6. The molecule has 98 valence electrons. The van der Waals surface area contributed by atoms with Gasteiger partial charge in [-0.1, -0.05) is 12.8 Å². The minimum atomic E-state index is 0.0353. The zero-order valence-corrected chi connectivity index (χ0v) is 10.6. The Kier molecular flexibility index (Phi) is 4.66. The molecule has 17 heavy (non-hydrogen) atoms. The summed E-state index contributed by atoms with van der Waals surface area (Å²) in [6.45, 7) is 0.793. The highest BCUT2D eigenvalue weighted by molar-refractivity contribution is 5.74. The lowest BCUT2D eigenvalue weighted by Gasteiger charge is -2.28. The maximum Gasteiger partial charge on any atom is 0.315 e. The molecule has 2 aliphatic carbocycles. The minimum Gasteiger partial charge on any atom is -0.335 e. The first-order valence-corrected chi connectivity index (χ1v) is 7.05. The highest BCUT2D eigenvalue weighted by atomic mass is 16.2. The van der Waals surface area contributed by atoms with Crippen molar-refractivity contribution in [2.45, 2.75) is 63.5 Å². The van der Waals surface area contributed by atoms with Gasteiger partial charge in [0.25, 0.3) is 0 Å². The van der Waals surface area contributed by atoms with Gasteiger partial charge in [0.15, 0.2) is 0 Å². The molecule has 0 aliphatic heterocycles. The summed E-state index contributed by atoms with van der Waals surface area (Å²) < 4.78 is 0. The van der Waals surface area contributed by atoms with E-state index in [2.05, 4.69) is 10.6 Å². The largest absolute Gasteiger partial charge is 0.335 e. The van der Waals surface area contributed by atoms with Crippen molar-refractivity contribution < 1.29 is 4.79 Å². The SMILES string of the molecule is NCC1CCC(NC(=O)NC2CCCC2)CC1. The van der Waals surface area contributed by atoms with Crippen LogP contribution in [-0.4, -0.2) is 24.7 Å². The summed E-state index contributed by atoms with van der Waals surface area (Å²) >= 11 is 0. The van der Waals surface area contributed by atoms with Crippen LogP contribution in [0.1, 0.15) is 51.4 Å². The standard InChI is InChI=1S/C13H25N3O/c14-9-10-5-7-12(8-6-10)16-13(17)15-11-3-1-2-4-11/h10-12H,1-9,14H2,(H2,15,16,17). The summed E-state index contributed by atoms with van der Waals surface area (Å²) in [6.07, 6.45) is 9.29. The quantitative estimate of drug-likeness (QED) is 0.702. The van der Waals surface area contributed by atoms with E-state index in [1.807, 2.05) is 0 Å². The van der Waals surface area contributed by atoms with Crippen LogP contribution in [0.25, 0.3) is 0 Å². The first kappa shape index (κ1) is 12.7. The van der Waals surface area contributed by atoms with Gasteiger partial charge in [0.05, 0.1) is 0 Å². The fourth-order valence-corrected chi connectivity index (χ4v) is 3.03. The number of hydrogen-bond donors (Lipinski definition) is 3. The van der Waals surface area contributed by atoms with Gasteiger partial charge in [-0.25, -0.2) is 4.79 Å². The molecule has 0 unspecified atom stereocenters. The van der Waals surface area contributed by atoms with Crippen LogP contribution in [0.5, 0.6) is 0 Å².